The highest BCUT2D eigenvalue weighted by molar-refractivity contribution is 6.04. The van der Waals surface area contributed by atoms with Gasteiger partial charge in [0.2, 0.25) is 0 Å². The van der Waals surface area contributed by atoms with Gasteiger partial charge in [0, 0.05) is 11.3 Å². The first-order valence-electron chi connectivity index (χ1n) is 5.81. The maximum absolute atomic E-state index is 13.0. The number of amides is 1. The van der Waals surface area contributed by atoms with E-state index in [4.69, 9.17) is 5.73 Å². The number of rotatable bonds is 2. The van der Waals surface area contributed by atoms with Gasteiger partial charge in [-0.1, -0.05) is 6.07 Å². The van der Waals surface area contributed by atoms with Crippen molar-refractivity contribution in [3.8, 4) is 0 Å². The molecule has 21 heavy (non-hydrogen) atoms. The van der Waals surface area contributed by atoms with E-state index < -0.39 is 29.2 Å². The molecular weight excluding hydrogens is 288 g/mol. The van der Waals surface area contributed by atoms with Crippen LogP contribution >= 0.6 is 0 Å². The van der Waals surface area contributed by atoms with Gasteiger partial charge in [0.15, 0.2) is 0 Å². The number of carbonyl (C=O) groups excluding carboxylic acids is 1. The van der Waals surface area contributed by atoms with Crippen molar-refractivity contribution in [3.05, 3.63) is 59.4 Å². The summed E-state index contributed by atoms with van der Waals surface area (Å²) in [5.41, 5.74) is 3.66. The minimum atomic E-state index is -4.67. The number of alkyl halides is 3. The Morgan fingerprint density at radius 2 is 1.81 bits per heavy atom. The Morgan fingerprint density at radius 1 is 1.10 bits per heavy atom. The van der Waals surface area contributed by atoms with E-state index in [0.717, 1.165) is 24.3 Å². The van der Waals surface area contributed by atoms with Gasteiger partial charge in [-0.2, -0.15) is 13.2 Å². The number of anilines is 2. The van der Waals surface area contributed by atoms with E-state index in [1.54, 1.807) is 0 Å². The molecule has 3 N–H and O–H groups in total. The summed E-state index contributed by atoms with van der Waals surface area (Å²) in [5, 5.41) is 2.11. The Morgan fingerprint density at radius 3 is 2.43 bits per heavy atom. The van der Waals surface area contributed by atoms with Crippen LogP contribution in [0, 0.1) is 5.82 Å². The number of carbonyl (C=O) groups is 1. The molecule has 0 unspecified atom stereocenters. The van der Waals surface area contributed by atoms with Crippen LogP contribution in [0.3, 0.4) is 0 Å². The van der Waals surface area contributed by atoms with Gasteiger partial charge in [-0.25, -0.2) is 4.39 Å². The Bertz CT molecular complexity index is 683. The zero-order valence-electron chi connectivity index (χ0n) is 10.5. The first kappa shape index (κ1) is 14.8. The van der Waals surface area contributed by atoms with Gasteiger partial charge in [-0.3, -0.25) is 4.79 Å². The number of nitrogens with two attached hydrogens (primary N) is 1. The molecule has 110 valence electrons. The topological polar surface area (TPSA) is 55.1 Å². The molecule has 0 aliphatic carbocycles. The lowest BCUT2D eigenvalue weighted by Gasteiger charge is -2.14. The maximum Gasteiger partial charge on any atom is 0.418 e. The molecule has 0 fully saturated rings. The molecule has 2 aromatic rings. The van der Waals surface area contributed by atoms with Crippen molar-refractivity contribution in [2.45, 2.75) is 6.18 Å². The van der Waals surface area contributed by atoms with Crippen molar-refractivity contribution in [1.29, 1.82) is 0 Å². The summed E-state index contributed by atoms with van der Waals surface area (Å²) in [4.78, 5) is 11.9. The molecule has 0 heterocycles. The smallest absolute Gasteiger partial charge is 0.399 e. The Hall–Kier alpha value is -2.57. The summed E-state index contributed by atoms with van der Waals surface area (Å²) in [6.07, 6.45) is -4.67. The number of halogens is 4. The molecule has 0 radical (unpaired) electrons. The second kappa shape index (κ2) is 5.43. The molecule has 0 atom stereocenters. The summed E-state index contributed by atoms with van der Waals surface area (Å²) in [5.74, 6) is -1.50. The molecular formula is C14H10F4N2O. The molecule has 0 spiro atoms. The van der Waals surface area contributed by atoms with E-state index >= 15 is 0 Å². The zero-order valence-corrected chi connectivity index (χ0v) is 10.5. The van der Waals surface area contributed by atoms with Gasteiger partial charge in [0.25, 0.3) is 5.91 Å². The summed E-state index contributed by atoms with van der Waals surface area (Å²) in [6.45, 7) is 0. The zero-order chi connectivity index (χ0) is 15.6. The summed E-state index contributed by atoms with van der Waals surface area (Å²) >= 11 is 0. The van der Waals surface area contributed by atoms with Crippen LogP contribution in [0.4, 0.5) is 28.9 Å². The van der Waals surface area contributed by atoms with E-state index in [2.05, 4.69) is 5.32 Å². The number of nitrogens with one attached hydrogen (secondary N) is 1. The van der Waals surface area contributed by atoms with E-state index in [0.29, 0.717) is 0 Å². The van der Waals surface area contributed by atoms with Gasteiger partial charge < -0.3 is 11.1 Å². The highest BCUT2D eigenvalue weighted by Gasteiger charge is 2.34. The van der Waals surface area contributed by atoms with E-state index in [1.807, 2.05) is 0 Å². The van der Waals surface area contributed by atoms with Crippen LogP contribution in [0.1, 0.15) is 15.9 Å². The van der Waals surface area contributed by atoms with E-state index in [9.17, 15) is 22.4 Å². The highest BCUT2D eigenvalue weighted by atomic mass is 19.4. The maximum atomic E-state index is 13.0. The van der Waals surface area contributed by atoms with Gasteiger partial charge in [0.05, 0.1) is 11.3 Å². The van der Waals surface area contributed by atoms with Crippen molar-refractivity contribution in [2.24, 2.45) is 0 Å². The number of hydrogen-bond acceptors (Lipinski definition) is 2. The van der Waals surface area contributed by atoms with Crippen LogP contribution in [0.15, 0.2) is 42.5 Å². The molecule has 0 aromatic heterocycles. The third-order valence-electron chi connectivity index (χ3n) is 2.68. The van der Waals surface area contributed by atoms with E-state index in [1.165, 1.54) is 18.2 Å². The van der Waals surface area contributed by atoms with Crippen molar-refractivity contribution < 1.29 is 22.4 Å². The number of hydrogen-bond donors (Lipinski definition) is 2. The molecule has 0 aliphatic rings. The predicted molar refractivity (Wildman–Crippen MR) is 70.2 cm³/mol. The molecule has 7 heteroatoms. The highest BCUT2D eigenvalue weighted by Crippen LogP contribution is 2.36. The predicted octanol–water partition coefficient (Wildman–Crippen LogP) is 3.68. The van der Waals surface area contributed by atoms with Gasteiger partial charge >= 0.3 is 6.18 Å². The van der Waals surface area contributed by atoms with Crippen LogP contribution in [0.2, 0.25) is 0 Å². The Balaban J connectivity index is 2.34. The number of nitrogen functional groups attached to an aromatic ring is 1. The van der Waals surface area contributed by atoms with Gasteiger partial charge in [0.1, 0.15) is 5.82 Å². The average Bonchev–Trinajstić information content (AvgIpc) is 2.39. The molecule has 2 aromatic carbocycles. The lowest BCUT2D eigenvalue weighted by atomic mass is 10.1. The normalized spacial score (nSPS) is 11.2. The van der Waals surface area contributed by atoms with Crippen LogP contribution in [-0.4, -0.2) is 5.91 Å². The lowest BCUT2D eigenvalue weighted by Crippen LogP contribution is -2.17. The fourth-order valence-electron chi connectivity index (χ4n) is 1.73. The molecule has 2 rings (SSSR count). The van der Waals surface area contributed by atoms with Gasteiger partial charge in [-0.15, -0.1) is 0 Å². The Kier molecular flexibility index (Phi) is 3.84. The van der Waals surface area contributed by atoms with Crippen molar-refractivity contribution in [1.82, 2.24) is 0 Å². The lowest BCUT2D eigenvalue weighted by molar-refractivity contribution is -0.136. The molecule has 0 bridgehead atoms. The molecule has 0 aliphatic heterocycles. The van der Waals surface area contributed by atoms with Crippen molar-refractivity contribution in [3.63, 3.8) is 0 Å². The first-order valence-corrected chi connectivity index (χ1v) is 5.81. The standard InChI is InChI=1S/C14H10F4N2O/c15-9-3-1-2-8(6-9)13(21)20-12-5-4-10(19)7-11(12)14(16,17)18/h1-7H,19H2,(H,20,21). The van der Waals surface area contributed by atoms with Crippen molar-refractivity contribution >= 4 is 17.3 Å². The molecule has 1 amide bonds. The minimum absolute atomic E-state index is 0.0777. The second-order valence-corrected chi connectivity index (χ2v) is 4.27. The van der Waals surface area contributed by atoms with Crippen LogP contribution in [-0.2, 0) is 6.18 Å². The van der Waals surface area contributed by atoms with E-state index in [-0.39, 0.29) is 11.3 Å². The fraction of sp³-hybridized carbons (Fsp3) is 0.0714. The third kappa shape index (κ3) is 3.50. The second-order valence-electron chi connectivity index (χ2n) is 4.27. The average molecular weight is 298 g/mol. The van der Waals surface area contributed by atoms with Crippen LogP contribution in [0.25, 0.3) is 0 Å². The quantitative estimate of drug-likeness (QED) is 0.656. The van der Waals surface area contributed by atoms with Crippen LogP contribution < -0.4 is 11.1 Å². The first-order chi connectivity index (χ1) is 9.77. The SMILES string of the molecule is Nc1ccc(NC(=O)c2cccc(F)c2)c(C(F)(F)F)c1. The monoisotopic (exact) mass is 298 g/mol. The van der Waals surface area contributed by atoms with Crippen LogP contribution in [0.5, 0.6) is 0 Å². The third-order valence-corrected chi connectivity index (χ3v) is 2.68. The molecule has 3 nitrogen and oxygen atoms in total. The largest absolute Gasteiger partial charge is 0.418 e. The number of benzene rings is 2. The minimum Gasteiger partial charge on any atom is -0.399 e. The summed E-state index contributed by atoms with van der Waals surface area (Å²) in [6, 6.07) is 7.65. The van der Waals surface area contributed by atoms with Gasteiger partial charge in [-0.05, 0) is 36.4 Å². The Labute approximate surface area is 117 Å². The summed E-state index contributed by atoms with van der Waals surface area (Å²) in [7, 11) is 0. The molecule has 0 saturated heterocycles. The molecule has 0 saturated carbocycles. The summed E-state index contributed by atoms with van der Waals surface area (Å²) < 4.78 is 51.6. The van der Waals surface area contributed by atoms with Crippen molar-refractivity contribution in [2.75, 3.05) is 11.1 Å². The fourth-order valence-corrected chi connectivity index (χ4v) is 1.73.